The van der Waals surface area contributed by atoms with E-state index in [-0.39, 0.29) is 6.42 Å². The number of unbranched alkanes of at least 4 members (excludes halogenated alkanes) is 1. The molecule has 6 heteroatoms. The first-order chi connectivity index (χ1) is 8.22. The Bertz CT molecular complexity index is 338. The number of carbonyl (C=O) groups is 1. The lowest BCUT2D eigenvalue weighted by molar-refractivity contribution is -0.136. The van der Waals surface area contributed by atoms with E-state index in [1.807, 2.05) is 0 Å². The summed E-state index contributed by atoms with van der Waals surface area (Å²) < 4.78 is 7.09. The number of hydrogen-bond donors (Lipinski definition) is 1. The molecule has 1 aromatic rings. The molecule has 0 bridgehead atoms. The van der Waals surface area contributed by atoms with Crippen molar-refractivity contribution < 1.29 is 14.6 Å². The number of hydrogen-bond acceptors (Lipinski definition) is 4. The van der Waals surface area contributed by atoms with Gasteiger partial charge in [0.25, 0.3) is 0 Å². The van der Waals surface area contributed by atoms with Gasteiger partial charge in [-0.15, -0.1) is 5.10 Å². The SMILES string of the molecule is CCCCOCCn1cc(CCC(=O)O)nn1. The van der Waals surface area contributed by atoms with Gasteiger partial charge in [0.15, 0.2) is 0 Å². The zero-order valence-corrected chi connectivity index (χ0v) is 10.1. The molecule has 0 aliphatic carbocycles. The maximum Gasteiger partial charge on any atom is 0.303 e. The summed E-state index contributed by atoms with van der Waals surface area (Å²) >= 11 is 0. The number of aromatic nitrogens is 3. The van der Waals surface area contributed by atoms with Crippen molar-refractivity contribution in [3.8, 4) is 0 Å². The lowest BCUT2D eigenvalue weighted by Gasteiger charge is -2.02. The first kappa shape index (κ1) is 13.6. The van der Waals surface area contributed by atoms with Crippen molar-refractivity contribution in [1.82, 2.24) is 15.0 Å². The van der Waals surface area contributed by atoms with Crippen LogP contribution >= 0.6 is 0 Å². The second kappa shape index (κ2) is 7.78. The van der Waals surface area contributed by atoms with Crippen molar-refractivity contribution in [2.45, 2.75) is 39.2 Å². The summed E-state index contributed by atoms with van der Waals surface area (Å²) in [6.07, 6.45) is 4.48. The largest absolute Gasteiger partial charge is 0.481 e. The molecule has 1 rings (SSSR count). The van der Waals surface area contributed by atoms with Gasteiger partial charge in [0.1, 0.15) is 0 Å². The first-order valence-electron chi connectivity index (χ1n) is 5.91. The quantitative estimate of drug-likeness (QED) is 0.655. The van der Waals surface area contributed by atoms with E-state index in [2.05, 4.69) is 17.2 Å². The van der Waals surface area contributed by atoms with E-state index in [0.717, 1.165) is 19.4 Å². The van der Waals surface area contributed by atoms with Crippen LogP contribution in [0.4, 0.5) is 0 Å². The molecule has 1 aromatic heterocycles. The number of aryl methyl sites for hydroxylation is 1. The zero-order chi connectivity index (χ0) is 12.5. The first-order valence-corrected chi connectivity index (χ1v) is 5.91. The maximum absolute atomic E-state index is 10.4. The van der Waals surface area contributed by atoms with Crippen LogP contribution in [0, 0.1) is 0 Å². The second-order valence-corrected chi connectivity index (χ2v) is 3.83. The van der Waals surface area contributed by atoms with Crippen LogP contribution in [0.1, 0.15) is 31.9 Å². The van der Waals surface area contributed by atoms with Gasteiger partial charge in [-0.25, -0.2) is 4.68 Å². The van der Waals surface area contributed by atoms with Gasteiger partial charge in [-0.3, -0.25) is 4.79 Å². The smallest absolute Gasteiger partial charge is 0.303 e. The maximum atomic E-state index is 10.4. The van der Waals surface area contributed by atoms with Crippen molar-refractivity contribution in [2.24, 2.45) is 0 Å². The normalized spacial score (nSPS) is 10.6. The monoisotopic (exact) mass is 241 g/mol. The Morgan fingerprint density at radius 3 is 3.06 bits per heavy atom. The molecule has 0 saturated carbocycles. The Kier molecular flexibility index (Phi) is 6.24. The molecule has 0 unspecified atom stereocenters. The molecular weight excluding hydrogens is 222 g/mol. The Labute approximate surface area is 101 Å². The number of carboxylic acids is 1. The Morgan fingerprint density at radius 1 is 1.53 bits per heavy atom. The van der Waals surface area contributed by atoms with E-state index >= 15 is 0 Å². The highest BCUT2D eigenvalue weighted by Crippen LogP contribution is 1.98. The van der Waals surface area contributed by atoms with Gasteiger partial charge in [-0.05, 0) is 6.42 Å². The van der Waals surface area contributed by atoms with E-state index < -0.39 is 5.97 Å². The molecule has 0 fully saturated rings. The summed E-state index contributed by atoms with van der Waals surface area (Å²) in [4.78, 5) is 10.4. The van der Waals surface area contributed by atoms with E-state index in [9.17, 15) is 4.79 Å². The van der Waals surface area contributed by atoms with Crippen LogP contribution in [0.3, 0.4) is 0 Å². The van der Waals surface area contributed by atoms with Crippen molar-refractivity contribution in [3.63, 3.8) is 0 Å². The molecular formula is C11H19N3O3. The van der Waals surface area contributed by atoms with Gasteiger partial charge >= 0.3 is 5.97 Å². The highest BCUT2D eigenvalue weighted by Gasteiger charge is 2.03. The highest BCUT2D eigenvalue weighted by atomic mass is 16.5. The van der Waals surface area contributed by atoms with Gasteiger partial charge in [0.2, 0.25) is 0 Å². The van der Waals surface area contributed by atoms with Gasteiger partial charge in [-0.1, -0.05) is 18.6 Å². The van der Waals surface area contributed by atoms with Crippen LogP contribution in [0.25, 0.3) is 0 Å². The molecule has 0 saturated heterocycles. The van der Waals surface area contributed by atoms with E-state index in [4.69, 9.17) is 9.84 Å². The van der Waals surface area contributed by atoms with Gasteiger partial charge in [0, 0.05) is 19.2 Å². The summed E-state index contributed by atoms with van der Waals surface area (Å²) in [5, 5.41) is 16.3. The third kappa shape index (κ3) is 6.01. The van der Waals surface area contributed by atoms with Crippen molar-refractivity contribution in [3.05, 3.63) is 11.9 Å². The molecule has 0 radical (unpaired) electrons. The van der Waals surface area contributed by atoms with Gasteiger partial charge < -0.3 is 9.84 Å². The lowest BCUT2D eigenvalue weighted by atomic mass is 10.2. The van der Waals surface area contributed by atoms with Crippen molar-refractivity contribution in [2.75, 3.05) is 13.2 Å². The second-order valence-electron chi connectivity index (χ2n) is 3.83. The molecule has 0 atom stereocenters. The van der Waals surface area contributed by atoms with Gasteiger partial charge in [-0.2, -0.15) is 0 Å². The molecule has 6 nitrogen and oxygen atoms in total. The van der Waals surface area contributed by atoms with Crippen LogP contribution in [0.2, 0.25) is 0 Å². The van der Waals surface area contributed by atoms with E-state index in [0.29, 0.717) is 25.3 Å². The summed E-state index contributed by atoms with van der Waals surface area (Å²) in [7, 11) is 0. The fourth-order valence-electron chi connectivity index (χ4n) is 1.30. The van der Waals surface area contributed by atoms with E-state index in [1.54, 1.807) is 10.9 Å². The van der Waals surface area contributed by atoms with Gasteiger partial charge in [0.05, 0.1) is 25.3 Å². The third-order valence-corrected chi connectivity index (χ3v) is 2.29. The van der Waals surface area contributed by atoms with Crippen molar-refractivity contribution >= 4 is 5.97 Å². The minimum atomic E-state index is -0.817. The average molecular weight is 241 g/mol. The standard InChI is InChI=1S/C11H19N3O3/c1-2-3-7-17-8-6-14-9-10(12-13-14)4-5-11(15)16/h9H,2-8H2,1H3,(H,15,16). The lowest BCUT2D eigenvalue weighted by Crippen LogP contribution is -2.07. The third-order valence-electron chi connectivity index (χ3n) is 2.29. The van der Waals surface area contributed by atoms with Crippen LogP contribution in [-0.2, 0) is 22.5 Å². The fourth-order valence-corrected chi connectivity index (χ4v) is 1.30. The topological polar surface area (TPSA) is 77.2 Å². The fraction of sp³-hybridized carbons (Fsp3) is 0.727. The average Bonchev–Trinajstić information content (AvgIpc) is 2.74. The number of nitrogens with zero attached hydrogens (tertiary/aromatic N) is 3. The molecule has 0 amide bonds. The number of rotatable bonds is 9. The zero-order valence-electron chi connectivity index (χ0n) is 10.1. The van der Waals surface area contributed by atoms with Crippen LogP contribution in [-0.4, -0.2) is 39.3 Å². The molecule has 1 N–H and O–H groups in total. The summed E-state index contributed by atoms with van der Waals surface area (Å²) in [5.74, 6) is -0.817. The summed E-state index contributed by atoms with van der Waals surface area (Å²) in [5.41, 5.74) is 0.709. The van der Waals surface area contributed by atoms with Crippen LogP contribution < -0.4 is 0 Å². The van der Waals surface area contributed by atoms with E-state index in [1.165, 1.54) is 0 Å². The minimum Gasteiger partial charge on any atom is -0.481 e. The predicted molar refractivity (Wildman–Crippen MR) is 61.7 cm³/mol. The molecule has 0 aliphatic rings. The number of ether oxygens (including phenoxy) is 1. The Morgan fingerprint density at radius 2 is 2.35 bits per heavy atom. The molecule has 96 valence electrons. The van der Waals surface area contributed by atoms with Crippen LogP contribution in [0.5, 0.6) is 0 Å². The molecule has 0 aromatic carbocycles. The minimum absolute atomic E-state index is 0.0890. The van der Waals surface area contributed by atoms with Crippen LogP contribution in [0.15, 0.2) is 6.20 Å². The summed E-state index contributed by atoms with van der Waals surface area (Å²) in [6.45, 7) is 4.16. The Hall–Kier alpha value is -1.43. The Balaban J connectivity index is 2.19. The number of aliphatic carboxylic acids is 1. The number of carboxylic acid groups (broad SMARTS) is 1. The van der Waals surface area contributed by atoms with Crippen molar-refractivity contribution in [1.29, 1.82) is 0 Å². The molecule has 0 aliphatic heterocycles. The highest BCUT2D eigenvalue weighted by molar-refractivity contribution is 5.66. The molecule has 0 spiro atoms. The summed E-state index contributed by atoms with van der Waals surface area (Å²) in [6, 6.07) is 0. The molecule has 1 heterocycles. The molecule has 17 heavy (non-hydrogen) atoms. The predicted octanol–water partition coefficient (Wildman–Crippen LogP) is 1.11.